The summed E-state index contributed by atoms with van der Waals surface area (Å²) in [5, 5.41) is 2.74. The van der Waals surface area contributed by atoms with Crippen molar-refractivity contribution in [3.05, 3.63) is 20.8 Å². The first-order valence-corrected chi connectivity index (χ1v) is 5.33. The van der Waals surface area contributed by atoms with Gasteiger partial charge in [0.1, 0.15) is 6.61 Å². The van der Waals surface area contributed by atoms with E-state index in [9.17, 15) is 4.79 Å². The van der Waals surface area contributed by atoms with Gasteiger partial charge < -0.3 is 10.1 Å². The van der Waals surface area contributed by atoms with Gasteiger partial charge in [-0.3, -0.25) is 4.79 Å². The molecule has 72 valence electrons. The zero-order chi connectivity index (χ0) is 9.68. The summed E-state index contributed by atoms with van der Waals surface area (Å²) in [5.41, 5.74) is 0. The van der Waals surface area contributed by atoms with Gasteiger partial charge in [0.15, 0.2) is 0 Å². The lowest BCUT2D eigenvalue weighted by molar-refractivity contribution is -0.124. The van der Waals surface area contributed by atoms with E-state index in [-0.39, 0.29) is 12.5 Å². The van der Waals surface area contributed by atoms with Gasteiger partial charge in [0.25, 0.3) is 0 Å². The van der Waals surface area contributed by atoms with Crippen molar-refractivity contribution in [2.45, 2.75) is 6.54 Å². The molecule has 0 unspecified atom stereocenters. The van der Waals surface area contributed by atoms with Gasteiger partial charge in [0, 0.05) is 12.0 Å². The molecule has 0 aliphatic rings. The number of rotatable bonds is 4. The maximum absolute atomic E-state index is 11.0. The number of amides is 1. The lowest BCUT2D eigenvalue weighted by Crippen LogP contribution is -2.26. The largest absolute Gasteiger partial charge is 0.375 e. The van der Waals surface area contributed by atoms with Crippen molar-refractivity contribution in [1.29, 1.82) is 0 Å². The van der Waals surface area contributed by atoms with Crippen LogP contribution in [0.3, 0.4) is 0 Å². The molecule has 0 saturated heterocycles. The van der Waals surface area contributed by atoms with Crippen LogP contribution in [0.25, 0.3) is 0 Å². The van der Waals surface area contributed by atoms with Crippen LogP contribution in [-0.2, 0) is 16.1 Å². The minimum atomic E-state index is -0.0907. The zero-order valence-corrected chi connectivity index (χ0v) is 9.57. The second-order valence-electron chi connectivity index (χ2n) is 2.42. The van der Waals surface area contributed by atoms with E-state index in [0.29, 0.717) is 6.54 Å². The SMILES string of the molecule is COCC(=O)NCc1ccc(Br)s1. The van der Waals surface area contributed by atoms with Gasteiger partial charge in [-0.1, -0.05) is 0 Å². The third-order valence-electron chi connectivity index (χ3n) is 1.36. The fraction of sp³-hybridized carbons (Fsp3) is 0.375. The number of thiophene rings is 1. The Bertz CT molecular complexity index is 287. The Hall–Kier alpha value is -0.390. The highest BCUT2D eigenvalue weighted by Gasteiger charge is 2.01. The first kappa shape index (κ1) is 10.7. The normalized spacial score (nSPS) is 10.0. The monoisotopic (exact) mass is 263 g/mol. The Morgan fingerprint density at radius 1 is 1.69 bits per heavy atom. The average Bonchev–Trinajstić information content (AvgIpc) is 2.49. The standard InChI is InChI=1S/C8H10BrNO2S/c1-12-5-8(11)10-4-6-2-3-7(9)13-6/h2-3H,4-5H2,1H3,(H,10,11). The van der Waals surface area contributed by atoms with E-state index in [4.69, 9.17) is 0 Å². The highest BCUT2D eigenvalue weighted by Crippen LogP contribution is 2.21. The molecular weight excluding hydrogens is 254 g/mol. The Balaban J connectivity index is 2.30. The van der Waals surface area contributed by atoms with E-state index in [1.54, 1.807) is 11.3 Å². The van der Waals surface area contributed by atoms with Crippen LogP contribution in [-0.4, -0.2) is 19.6 Å². The fourth-order valence-corrected chi connectivity index (χ4v) is 2.24. The number of hydrogen-bond acceptors (Lipinski definition) is 3. The molecule has 1 aromatic heterocycles. The van der Waals surface area contributed by atoms with Crippen LogP contribution < -0.4 is 5.32 Å². The first-order valence-electron chi connectivity index (χ1n) is 3.72. The summed E-state index contributed by atoms with van der Waals surface area (Å²) in [4.78, 5) is 12.1. The third-order valence-corrected chi connectivity index (χ3v) is 2.99. The van der Waals surface area contributed by atoms with Crippen LogP contribution >= 0.6 is 27.3 Å². The van der Waals surface area contributed by atoms with Gasteiger partial charge in [-0.25, -0.2) is 0 Å². The van der Waals surface area contributed by atoms with Gasteiger partial charge in [0.2, 0.25) is 5.91 Å². The van der Waals surface area contributed by atoms with Crippen molar-refractivity contribution in [1.82, 2.24) is 5.32 Å². The van der Waals surface area contributed by atoms with Crippen LogP contribution in [0.15, 0.2) is 15.9 Å². The average molecular weight is 264 g/mol. The van der Waals surface area contributed by atoms with Crippen LogP contribution in [0.5, 0.6) is 0 Å². The first-order chi connectivity index (χ1) is 6.22. The molecule has 5 heteroatoms. The van der Waals surface area contributed by atoms with Crippen molar-refractivity contribution in [2.24, 2.45) is 0 Å². The van der Waals surface area contributed by atoms with E-state index < -0.39 is 0 Å². The van der Waals surface area contributed by atoms with Gasteiger partial charge in [-0.05, 0) is 28.1 Å². The maximum Gasteiger partial charge on any atom is 0.246 e. The molecule has 1 aromatic rings. The van der Waals surface area contributed by atoms with Crippen LogP contribution in [0.2, 0.25) is 0 Å². The topological polar surface area (TPSA) is 38.3 Å². The molecule has 0 radical (unpaired) electrons. The van der Waals surface area contributed by atoms with Crippen LogP contribution in [0.1, 0.15) is 4.88 Å². The Labute approximate surface area is 89.2 Å². The Morgan fingerprint density at radius 3 is 3.00 bits per heavy atom. The number of carbonyl (C=O) groups excluding carboxylic acids is 1. The van der Waals surface area contributed by atoms with Crippen molar-refractivity contribution < 1.29 is 9.53 Å². The smallest absolute Gasteiger partial charge is 0.246 e. The molecule has 0 fully saturated rings. The fourth-order valence-electron chi connectivity index (χ4n) is 0.815. The highest BCUT2D eigenvalue weighted by molar-refractivity contribution is 9.11. The van der Waals surface area contributed by atoms with E-state index in [1.807, 2.05) is 12.1 Å². The van der Waals surface area contributed by atoms with E-state index >= 15 is 0 Å². The summed E-state index contributed by atoms with van der Waals surface area (Å²) < 4.78 is 5.75. The number of nitrogens with one attached hydrogen (secondary N) is 1. The highest BCUT2D eigenvalue weighted by atomic mass is 79.9. The molecular formula is C8H10BrNO2S. The summed E-state index contributed by atoms with van der Waals surface area (Å²) in [6.07, 6.45) is 0. The molecule has 1 amide bonds. The molecule has 0 saturated carbocycles. The number of ether oxygens (including phenoxy) is 1. The number of methoxy groups -OCH3 is 1. The molecule has 1 rings (SSSR count). The molecule has 1 N–H and O–H groups in total. The number of hydrogen-bond donors (Lipinski definition) is 1. The van der Waals surface area contributed by atoms with Crippen molar-refractivity contribution in [3.8, 4) is 0 Å². The predicted molar refractivity (Wildman–Crippen MR) is 55.7 cm³/mol. The summed E-state index contributed by atoms with van der Waals surface area (Å²) in [7, 11) is 1.50. The summed E-state index contributed by atoms with van der Waals surface area (Å²) in [6.45, 7) is 0.686. The second-order valence-corrected chi connectivity index (χ2v) is 4.96. The van der Waals surface area contributed by atoms with Gasteiger partial charge >= 0.3 is 0 Å². The molecule has 3 nitrogen and oxygen atoms in total. The summed E-state index contributed by atoms with van der Waals surface area (Å²) in [6, 6.07) is 3.93. The quantitative estimate of drug-likeness (QED) is 0.900. The van der Waals surface area contributed by atoms with Crippen molar-refractivity contribution in [3.63, 3.8) is 0 Å². The Kier molecular flexibility index (Phi) is 4.41. The van der Waals surface area contributed by atoms with E-state index in [0.717, 1.165) is 8.66 Å². The van der Waals surface area contributed by atoms with Crippen LogP contribution in [0, 0.1) is 0 Å². The van der Waals surface area contributed by atoms with Crippen LogP contribution in [0.4, 0.5) is 0 Å². The molecule has 0 aliphatic carbocycles. The molecule has 13 heavy (non-hydrogen) atoms. The lowest BCUT2D eigenvalue weighted by atomic mass is 10.4. The van der Waals surface area contributed by atoms with Gasteiger partial charge in [-0.2, -0.15) is 0 Å². The van der Waals surface area contributed by atoms with E-state index in [1.165, 1.54) is 7.11 Å². The zero-order valence-electron chi connectivity index (χ0n) is 7.17. The minimum absolute atomic E-state index is 0.0907. The number of carbonyl (C=O) groups is 1. The molecule has 1 heterocycles. The Morgan fingerprint density at radius 2 is 2.46 bits per heavy atom. The molecule has 0 bridgehead atoms. The van der Waals surface area contributed by atoms with Gasteiger partial charge in [-0.15, -0.1) is 11.3 Å². The van der Waals surface area contributed by atoms with E-state index in [2.05, 4.69) is 26.0 Å². The van der Waals surface area contributed by atoms with Crippen molar-refractivity contribution in [2.75, 3.05) is 13.7 Å². The maximum atomic E-state index is 11.0. The van der Waals surface area contributed by atoms with Crippen molar-refractivity contribution >= 4 is 33.2 Å². The summed E-state index contributed by atoms with van der Waals surface area (Å²) in [5.74, 6) is -0.0907. The predicted octanol–water partition coefficient (Wildman–Crippen LogP) is 1.77. The molecule has 0 atom stereocenters. The molecule has 0 spiro atoms. The lowest BCUT2D eigenvalue weighted by Gasteiger charge is -2.01. The molecule has 0 aromatic carbocycles. The minimum Gasteiger partial charge on any atom is -0.375 e. The second kappa shape index (κ2) is 5.36. The molecule has 0 aliphatic heterocycles. The number of halogens is 1. The van der Waals surface area contributed by atoms with Gasteiger partial charge in [0.05, 0.1) is 10.3 Å². The summed E-state index contributed by atoms with van der Waals surface area (Å²) >= 11 is 4.96. The third kappa shape index (κ3) is 3.89.